The third-order valence-corrected chi connectivity index (χ3v) is 4.34. The predicted molar refractivity (Wildman–Crippen MR) is 86.6 cm³/mol. The van der Waals surface area contributed by atoms with Crippen molar-refractivity contribution in [3.8, 4) is 5.75 Å². The predicted octanol–water partition coefficient (Wildman–Crippen LogP) is -0.371. The Morgan fingerprint density at radius 1 is 1.15 bits per heavy atom. The number of carbonyl (C=O) groups is 1. The summed E-state index contributed by atoms with van der Waals surface area (Å²) in [5.74, 6) is -0.755. The fourth-order valence-corrected chi connectivity index (χ4v) is 2.87. The number of aliphatic carboxylic acids is 1. The minimum absolute atomic E-state index is 0.131. The summed E-state index contributed by atoms with van der Waals surface area (Å²) in [6, 6.07) is 4.96. The number of carboxylic acid groups (broad SMARTS) is 1. The zero-order chi connectivity index (χ0) is 18.8. The molecular formula is C17H20O9. The molecule has 2 heterocycles. The summed E-state index contributed by atoms with van der Waals surface area (Å²) in [6.07, 6.45) is -5.57. The van der Waals surface area contributed by atoms with Gasteiger partial charge in [-0.15, -0.1) is 0 Å². The van der Waals surface area contributed by atoms with Crippen LogP contribution in [0.2, 0.25) is 0 Å². The topological polar surface area (TPSA) is 150 Å². The normalized spacial score (nSPS) is 29.0. The first-order valence-corrected chi connectivity index (χ1v) is 8.10. The fraction of sp³-hybridized carbons (Fsp3) is 0.471. The standard InChI is InChI=1S/C17H20O9/c18-7-12-14(21)15(22)16(23)17(26-12)25-11-6-10-9(3-4-24-10)5-8(11)1-2-13(19)20/h3-6,12,14-18,21-23H,1-2,7H2,(H,19,20). The van der Waals surface area contributed by atoms with Crippen molar-refractivity contribution >= 4 is 16.9 Å². The van der Waals surface area contributed by atoms with E-state index in [1.54, 1.807) is 12.1 Å². The van der Waals surface area contributed by atoms with Crippen LogP contribution < -0.4 is 4.74 Å². The second-order valence-electron chi connectivity index (χ2n) is 6.13. The van der Waals surface area contributed by atoms with Crippen LogP contribution in [0.5, 0.6) is 5.75 Å². The molecule has 1 aliphatic rings. The fourth-order valence-electron chi connectivity index (χ4n) is 2.87. The lowest BCUT2D eigenvalue weighted by atomic mass is 9.99. The molecule has 0 aliphatic carbocycles. The molecule has 0 spiro atoms. The highest BCUT2D eigenvalue weighted by Crippen LogP contribution is 2.31. The van der Waals surface area contributed by atoms with Gasteiger partial charge in [-0.1, -0.05) is 0 Å². The molecule has 26 heavy (non-hydrogen) atoms. The largest absolute Gasteiger partial charge is 0.481 e. The number of ether oxygens (including phenoxy) is 2. The van der Waals surface area contributed by atoms with Crippen LogP contribution in [0.1, 0.15) is 12.0 Å². The van der Waals surface area contributed by atoms with Gasteiger partial charge in [-0.25, -0.2) is 0 Å². The van der Waals surface area contributed by atoms with Crippen molar-refractivity contribution in [3.05, 3.63) is 30.0 Å². The van der Waals surface area contributed by atoms with Gasteiger partial charge in [0.1, 0.15) is 35.7 Å². The molecule has 2 aromatic rings. The first-order valence-electron chi connectivity index (χ1n) is 8.10. The molecule has 5 unspecified atom stereocenters. The highest BCUT2D eigenvalue weighted by atomic mass is 16.7. The lowest BCUT2D eigenvalue weighted by Crippen LogP contribution is -2.60. The molecule has 1 aliphatic heterocycles. The van der Waals surface area contributed by atoms with E-state index in [1.807, 2.05) is 0 Å². The van der Waals surface area contributed by atoms with Crippen molar-refractivity contribution in [2.24, 2.45) is 0 Å². The lowest BCUT2D eigenvalue weighted by Gasteiger charge is -2.39. The summed E-state index contributed by atoms with van der Waals surface area (Å²) >= 11 is 0. The van der Waals surface area contributed by atoms with E-state index in [1.165, 1.54) is 12.3 Å². The second-order valence-corrected chi connectivity index (χ2v) is 6.13. The number of fused-ring (bicyclic) bond motifs is 1. The van der Waals surface area contributed by atoms with Gasteiger partial charge in [-0.05, 0) is 24.1 Å². The van der Waals surface area contributed by atoms with E-state index in [-0.39, 0.29) is 18.6 Å². The Kier molecular flexibility index (Phi) is 5.44. The van der Waals surface area contributed by atoms with E-state index in [2.05, 4.69) is 0 Å². The van der Waals surface area contributed by atoms with Crippen LogP contribution in [0.15, 0.2) is 28.9 Å². The minimum atomic E-state index is -1.57. The molecule has 5 atom stereocenters. The maximum Gasteiger partial charge on any atom is 0.303 e. The van der Waals surface area contributed by atoms with Crippen LogP contribution in [0.4, 0.5) is 0 Å². The molecule has 9 nitrogen and oxygen atoms in total. The number of hydrogen-bond acceptors (Lipinski definition) is 8. The van der Waals surface area contributed by atoms with Gasteiger partial charge >= 0.3 is 5.97 Å². The van der Waals surface area contributed by atoms with Crippen LogP contribution in [0, 0.1) is 0 Å². The van der Waals surface area contributed by atoms with Gasteiger partial charge in [-0.3, -0.25) is 4.79 Å². The molecule has 0 amide bonds. The first kappa shape index (κ1) is 18.6. The lowest BCUT2D eigenvalue weighted by molar-refractivity contribution is -0.277. The third kappa shape index (κ3) is 3.67. The highest BCUT2D eigenvalue weighted by molar-refractivity contribution is 5.80. The molecule has 1 saturated heterocycles. The van der Waals surface area contributed by atoms with Crippen molar-refractivity contribution in [2.75, 3.05) is 6.61 Å². The molecule has 3 rings (SSSR count). The Balaban J connectivity index is 1.88. The molecule has 0 radical (unpaired) electrons. The van der Waals surface area contributed by atoms with Crippen molar-refractivity contribution in [1.29, 1.82) is 0 Å². The third-order valence-electron chi connectivity index (χ3n) is 4.34. The molecule has 5 N–H and O–H groups in total. The minimum Gasteiger partial charge on any atom is -0.481 e. The van der Waals surface area contributed by atoms with Crippen molar-refractivity contribution in [2.45, 2.75) is 43.5 Å². The molecular weight excluding hydrogens is 348 g/mol. The van der Waals surface area contributed by atoms with Crippen molar-refractivity contribution < 1.29 is 44.2 Å². The summed E-state index contributed by atoms with van der Waals surface area (Å²) in [5.41, 5.74) is 1.04. The molecule has 1 aromatic carbocycles. The van der Waals surface area contributed by atoms with Crippen LogP contribution in [0.25, 0.3) is 11.0 Å². The summed E-state index contributed by atoms with van der Waals surface area (Å²) in [4.78, 5) is 10.9. The van der Waals surface area contributed by atoms with Crippen molar-refractivity contribution in [1.82, 2.24) is 0 Å². The Morgan fingerprint density at radius 2 is 1.92 bits per heavy atom. The molecule has 1 aromatic heterocycles. The molecule has 0 saturated carbocycles. The van der Waals surface area contributed by atoms with Crippen LogP contribution in [-0.2, 0) is 16.0 Å². The van der Waals surface area contributed by atoms with Crippen molar-refractivity contribution in [3.63, 3.8) is 0 Å². The molecule has 0 bridgehead atoms. The van der Waals surface area contributed by atoms with Gasteiger partial charge in [0.05, 0.1) is 12.9 Å². The van der Waals surface area contributed by atoms with Gasteiger partial charge in [0.15, 0.2) is 0 Å². The summed E-state index contributed by atoms with van der Waals surface area (Å²) < 4.78 is 16.3. The quantitative estimate of drug-likeness (QED) is 0.460. The monoisotopic (exact) mass is 368 g/mol. The molecule has 142 valence electrons. The second kappa shape index (κ2) is 7.60. The average Bonchev–Trinajstić information content (AvgIpc) is 3.07. The Morgan fingerprint density at radius 3 is 2.62 bits per heavy atom. The summed E-state index contributed by atoms with van der Waals surface area (Å²) in [6.45, 7) is -0.575. The summed E-state index contributed by atoms with van der Waals surface area (Å²) in [7, 11) is 0. The van der Waals surface area contributed by atoms with Crippen LogP contribution in [0.3, 0.4) is 0 Å². The van der Waals surface area contributed by atoms with E-state index in [0.717, 1.165) is 5.39 Å². The zero-order valence-corrected chi connectivity index (χ0v) is 13.7. The Bertz CT molecular complexity index is 769. The number of aryl methyl sites for hydroxylation is 1. The number of rotatable bonds is 6. The van der Waals surface area contributed by atoms with Crippen LogP contribution >= 0.6 is 0 Å². The van der Waals surface area contributed by atoms with E-state index in [9.17, 15) is 25.2 Å². The maximum absolute atomic E-state index is 10.9. The number of carboxylic acids is 1. The van der Waals surface area contributed by atoms with Gasteiger partial charge in [0.2, 0.25) is 6.29 Å². The van der Waals surface area contributed by atoms with Crippen LogP contribution in [-0.4, -0.2) is 68.8 Å². The number of aliphatic hydroxyl groups is 4. The van der Waals surface area contributed by atoms with E-state index >= 15 is 0 Å². The zero-order valence-electron chi connectivity index (χ0n) is 13.7. The number of furan rings is 1. The van der Waals surface area contributed by atoms with Gasteiger partial charge < -0.3 is 39.4 Å². The van der Waals surface area contributed by atoms with E-state index in [0.29, 0.717) is 11.1 Å². The first-order chi connectivity index (χ1) is 12.4. The molecule has 1 fully saturated rings. The Labute approximate surface area is 148 Å². The van der Waals surface area contributed by atoms with E-state index < -0.39 is 43.3 Å². The van der Waals surface area contributed by atoms with Gasteiger partial charge in [0, 0.05) is 17.9 Å². The highest BCUT2D eigenvalue weighted by Gasteiger charge is 2.44. The summed E-state index contributed by atoms with van der Waals surface area (Å²) in [5, 5.41) is 48.7. The van der Waals surface area contributed by atoms with Gasteiger partial charge in [-0.2, -0.15) is 0 Å². The number of benzene rings is 1. The number of hydrogen-bond donors (Lipinski definition) is 5. The Hall–Kier alpha value is -2.17. The van der Waals surface area contributed by atoms with Gasteiger partial charge in [0.25, 0.3) is 0 Å². The smallest absolute Gasteiger partial charge is 0.303 e. The van der Waals surface area contributed by atoms with E-state index in [4.69, 9.17) is 19.0 Å². The molecule has 9 heteroatoms. The average molecular weight is 368 g/mol. The maximum atomic E-state index is 10.9. The SMILES string of the molecule is O=C(O)CCc1cc2ccoc2cc1OC1OC(CO)C(O)C(O)C1O. The number of aliphatic hydroxyl groups excluding tert-OH is 4.